The van der Waals surface area contributed by atoms with Gasteiger partial charge in [-0.3, -0.25) is 4.72 Å². The van der Waals surface area contributed by atoms with E-state index >= 15 is 0 Å². The third kappa shape index (κ3) is 5.12. The SMILES string of the molecule is CNCc1cc(NS(C)(=O)=O)ccc1Oc1ccc(SC)c(F)c1. The minimum atomic E-state index is -3.36. The Bertz CT molecular complexity index is 826. The van der Waals surface area contributed by atoms with Crippen molar-refractivity contribution in [1.82, 2.24) is 5.32 Å². The average molecular weight is 370 g/mol. The van der Waals surface area contributed by atoms with Crippen molar-refractivity contribution in [1.29, 1.82) is 0 Å². The van der Waals surface area contributed by atoms with Gasteiger partial charge in [0.2, 0.25) is 10.0 Å². The Hall–Kier alpha value is -1.77. The molecule has 0 radical (unpaired) electrons. The Morgan fingerprint density at radius 2 is 1.96 bits per heavy atom. The van der Waals surface area contributed by atoms with E-state index < -0.39 is 10.0 Å². The molecule has 0 atom stereocenters. The summed E-state index contributed by atoms with van der Waals surface area (Å²) in [5.74, 6) is 0.566. The number of halogens is 1. The van der Waals surface area contributed by atoms with Gasteiger partial charge < -0.3 is 10.1 Å². The molecule has 0 spiro atoms. The third-order valence-corrected chi connectivity index (χ3v) is 4.46. The van der Waals surface area contributed by atoms with E-state index in [1.807, 2.05) is 0 Å². The standard InChI is InChI=1S/C16H19FN2O3S2/c1-18-10-11-8-12(19-24(3,20)21)4-6-15(11)22-13-5-7-16(23-2)14(17)9-13/h4-9,18-19H,10H2,1-3H3. The molecule has 2 N–H and O–H groups in total. The number of hydrogen-bond donors (Lipinski definition) is 2. The number of hydrogen-bond acceptors (Lipinski definition) is 5. The summed E-state index contributed by atoms with van der Waals surface area (Å²) < 4.78 is 44.7. The van der Waals surface area contributed by atoms with E-state index in [0.29, 0.717) is 28.6 Å². The molecule has 0 amide bonds. The van der Waals surface area contributed by atoms with Crippen molar-refractivity contribution in [3.8, 4) is 11.5 Å². The van der Waals surface area contributed by atoms with Crippen molar-refractivity contribution in [2.24, 2.45) is 0 Å². The highest BCUT2D eigenvalue weighted by Gasteiger charge is 2.10. The average Bonchev–Trinajstić information content (AvgIpc) is 2.49. The van der Waals surface area contributed by atoms with Crippen LogP contribution in [0.15, 0.2) is 41.3 Å². The van der Waals surface area contributed by atoms with Gasteiger partial charge in [-0.1, -0.05) is 0 Å². The molecule has 0 aliphatic carbocycles. The van der Waals surface area contributed by atoms with E-state index in [1.165, 1.54) is 17.8 Å². The molecule has 0 fully saturated rings. The number of benzene rings is 2. The molecule has 8 heteroatoms. The highest BCUT2D eigenvalue weighted by molar-refractivity contribution is 7.98. The molecule has 2 rings (SSSR count). The molecule has 0 unspecified atom stereocenters. The van der Waals surface area contributed by atoms with E-state index in [-0.39, 0.29) is 5.82 Å². The number of anilines is 1. The van der Waals surface area contributed by atoms with Gasteiger partial charge in [0.25, 0.3) is 0 Å². The molecule has 0 aliphatic heterocycles. The van der Waals surface area contributed by atoms with Crippen LogP contribution in [-0.4, -0.2) is 28.0 Å². The summed E-state index contributed by atoms with van der Waals surface area (Å²) in [5.41, 5.74) is 1.19. The zero-order valence-electron chi connectivity index (χ0n) is 13.6. The molecule has 130 valence electrons. The number of ether oxygens (including phenoxy) is 1. The van der Waals surface area contributed by atoms with Gasteiger partial charge in [0.15, 0.2) is 0 Å². The molecule has 0 bridgehead atoms. The van der Waals surface area contributed by atoms with E-state index in [4.69, 9.17) is 4.74 Å². The Morgan fingerprint density at radius 3 is 2.54 bits per heavy atom. The lowest BCUT2D eigenvalue weighted by molar-refractivity contribution is 0.467. The van der Waals surface area contributed by atoms with Gasteiger partial charge in [0, 0.05) is 28.8 Å². The van der Waals surface area contributed by atoms with Crippen LogP contribution >= 0.6 is 11.8 Å². The van der Waals surface area contributed by atoms with Crippen molar-refractivity contribution >= 4 is 27.5 Å². The fraction of sp³-hybridized carbons (Fsp3) is 0.250. The van der Waals surface area contributed by atoms with Gasteiger partial charge in [0.05, 0.1) is 6.26 Å². The van der Waals surface area contributed by atoms with Crippen LogP contribution < -0.4 is 14.8 Å². The van der Waals surface area contributed by atoms with Crippen molar-refractivity contribution in [2.75, 3.05) is 24.3 Å². The molecule has 24 heavy (non-hydrogen) atoms. The summed E-state index contributed by atoms with van der Waals surface area (Å²) in [4.78, 5) is 0.547. The van der Waals surface area contributed by atoms with Crippen LogP contribution in [-0.2, 0) is 16.6 Å². The molecule has 2 aromatic carbocycles. The number of sulfonamides is 1. The van der Waals surface area contributed by atoms with Crippen LogP contribution in [0.3, 0.4) is 0 Å². The molecular formula is C16H19FN2O3S2. The Balaban J connectivity index is 2.30. The normalized spacial score (nSPS) is 11.3. The van der Waals surface area contributed by atoms with E-state index in [9.17, 15) is 12.8 Å². The minimum Gasteiger partial charge on any atom is -0.457 e. The van der Waals surface area contributed by atoms with Gasteiger partial charge >= 0.3 is 0 Å². The lowest BCUT2D eigenvalue weighted by Gasteiger charge is -2.14. The zero-order chi connectivity index (χ0) is 17.7. The summed E-state index contributed by atoms with van der Waals surface area (Å²) >= 11 is 1.32. The third-order valence-electron chi connectivity index (χ3n) is 3.08. The summed E-state index contributed by atoms with van der Waals surface area (Å²) in [6.45, 7) is 0.472. The predicted octanol–water partition coefficient (Wildman–Crippen LogP) is 3.43. The summed E-state index contributed by atoms with van der Waals surface area (Å²) in [6.07, 6.45) is 2.89. The monoisotopic (exact) mass is 370 g/mol. The molecule has 0 heterocycles. The molecule has 0 aromatic heterocycles. The molecule has 5 nitrogen and oxygen atoms in total. The zero-order valence-corrected chi connectivity index (χ0v) is 15.2. The van der Waals surface area contributed by atoms with Crippen molar-refractivity contribution in [3.63, 3.8) is 0 Å². The van der Waals surface area contributed by atoms with Crippen LogP contribution in [0, 0.1) is 5.82 Å². The van der Waals surface area contributed by atoms with E-state index in [2.05, 4.69) is 10.0 Å². The lowest BCUT2D eigenvalue weighted by Crippen LogP contribution is -2.11. The Kier molecular flexibility index (Phi) is 6.09. The molecule has 0 saturated carbocycles. The number of nitrogens with one attached hydrogen (secondary N) is 2. The summed E-state index contributed by atoms with van der Waals surface area (Å²) in [7, 11) is -1.59. The van der Waals surface area contributed by atoms with Gasteiger partial charge in [-0.2, -0.15) is 0 Å². The minimum absolute atomic E-state index is 0.342. The number of rotatable bonds is 7. The second-order valence-electron chi connectivity index (χ2n) is 5.13. The fourth-order valence-electron chi connectivity index (χ4n) is 2.12. The van der Waals surface area contributed by atoms with Gasteiger partial charge in [-0.15, -0.1) is 11.8 Å². The topological polar surface area (TPSA) is 67.4 Å². The Morgan fingerprint density at radius 1 is 1.21 bits per heavy atom. The molecular weight excluding hydrogens is 351 g/mol. The van der Waals surface area contributed by atoms with E-state index in [1.54, 1.807) is 43.6 Å². The van der Waals surface area contributed by atoms with Gasteiger partial charge in [0.1, 0.15) is 17.3 Å². The quantitative estimate of drug-likeness (QED) is 0.731. The van der Waals surface area contributed by atoms with Crippen molar-refractivity contribution < 1.29 is 17.5 Å². The van der Waals surface area contributed by atoms with E-state index in [0.717, 1.165) is 11.8 Å². The second-order valence-corrected chi connectivity index (χ2v) is 7.72. The summed E-state index contributed by atoms with van der Waals surface area (Å²) in [5, 5.41) is 3.00. The predicted molar refractivity (Wildman–Crippen MR) is 95.9 cm³/mol. The van der Waals surface area contributed by atoms with Crippen LogP contribution in [0.25, 0.3) is 0 Å². The fourth-order valence-corrected chi connectivity index (χ4v) is 3.14. The van der Waals surface area contributed by atoms with Crippen molar-refractivity contribution in [3.05, 3.63) is 47.8 Å². The van der Waals surface area contributed by atoms with Crippen LogP contribution in [0.2, 0.25) is 0 Å². The lowest BCUT2D eigenvalue weighted by atomic mass is 10.1. The maximum atomic E-state index is 13.9. The first kappa shape index (κ1) is 18.6. The van der Waals surface area contributed by atoms with Crippen LogP contribution in [0.5, 0.6) is 11.5 Å². The van der Waals surface area contributed by atoms with Crippen LogP contribution in [0.1, 0.15) is 5.56 Å². The van der Waals surface area contributed by atoms with Gasteiger partial charge in [-0.25, -0.2) is 12.8 Å². The maximum Gasteiger partial charge on any atom is 0.229 e. The maximum absolute atomic E-state index is 13.9. The molecule has 0 aliphatic rings. The highest BCUT2D eigenvalue weighted by atomic mass is 32.2. The molecule has 0 saturated heterocycles. The highest BCUT2D eigenvalue weighted by Crippen LogP contribution is 2.30. The first-order valence-corrected chi connectivity index (χ1v) is 10.2. The number of thioether (sulfide) groups is 1. The summed E-state index contributed by atoms with van der Waals surface area (Å²) in [6, 6.07) is 9.62. The first-order valence-electron chi connectivity index (χ1n) is 7.09. The Labute approximate surface area is 145 Å². The van der Waals surface area contributed by atoms with Crippen molar-refractivity contribution in [2.45, 2.75) is 11.4 Å². The second kappa shape index (κ2) is 7.87. The smallest absolute Gasteiger partial charge is 0.229 e. The molecule has 2 aromatic rings. The van der Waals surface area contributed by atoms with Crippen LogP contribution in [0.4, 0.5) is 10.1 Å². The first-order chi connectivity index (χ1) is 11.3. The van der Waals surface area contributed by atoms with Gasteiger partial charge in [-0.05, 0) is 43.6 Å². The largest absolute Gasteiger partial charge is 0.457 e.